The SMILES string of the molecule is Cc1ccc(N2C(=O)NC(=O)/C(=C/c3cccc(Cl)c3)C2=O)cc1Cl. The Hall–Kier alpha value is -2.63. The van der Waals surface area contributed by atoms with Gasteiger partial charge in [-0.2, -0.15) is 0 Å². The lowest BCUT2D eigenvalue weighted by atomic mass is 10.1. The summed E-state index contributed by atoms with van der Waals surface area (Å²) in [4.78, 5) is 37.9. The molecule has 1 saturated heterocycles. The highest BCUT2D eigenvalue weighted by atomic mass is 35.5. The van der Waals surface area contributed by atoms with Crippen LogP contribution in [0, 0.1) is 6.92 Å². The van der Waals surface area contributed by atoms with E-state index < -0.39 is 17.8 Å². The fourth-order valence-corrected chi connectivity index (χ4v) is 2.75. The number of carbonyl (C=O) groups is 3. The van der Waals surface area contributed by atoms with E-state index >= 15 is 0 Å². The Morgan fingerprint density at radius 2 is 1.80 bits per heavy atom. The van der Waals surface area contributed by atoms with Gasteiger partial charge in [-0.05, 0) is 48.4 Å². The van der Waals surface area contributed by atoms with Gasteiger partial charge in [-0.3, -0.25) is 14.9 Å². The molecular formula is C18H12Cl2N2O3. The summed E-state index contributed by atoms with van der Waals surface area (Å²) < 4.78 is 0. The van der Waals surface area contributed by atoms with Crippen LogP contribution in [0.25, 0.3) is 6.08 Å². The van der Waals surface area contributed by atoms with Crippen LogP contribution < -0.4 is 10.2 Å². The Balaban J connectivity index is 2.03. The molecule has 5 nitrogen and oxygen atoms in total. The summed E-state index contributed by atoms with van der Waals surface area (Å²) in [5, 5.41) is 3.04. The lowest BCUT2D eigenvalue weighted by molar-refractivity contribution is -0.122. The van der Waals surface area contributed by atoms with E-state index in [1.807, 2.05) is 0 Å². The van der Waals surface area contributed by atoms with Gasteiger partial charge in [0.05, 0.1) is 5.69 Å². The molecule has 126 valence electrons. The van der Waals surface area contributed by atoms with Crippen LogP contribution in [0.1, 0.15) is 11.1 Å². The molecule has 0 saturated carbocycles. The molecule has 0 spiro atoms. The fourth-order valence-electron chi connectivity index (χ4n) is 2.38. The van der Waals surface area contributed by atoms with Crippen molar-refractivity contribution in [3.05, 3.63) is 69.2 Å². The van der Waals surface area contributed by atoms with Crippen molar-refractivity contribution in [2.75, 3.05) is 4.90 Å². The maximum Gasteiger partial charge on any atom is 0.335 e. The highest BCUT2D eigenvalue weighted by molar-refractivity contribution is 6.39. The Kier molecular flexibility index (Phi) is 4.61. The van der Waals surface area contributed by atoms with Crippen molar-refractivity contribution < 1.29 is 14.4 Å². The summed E-state index contributed by atoms with van der Waals surface area (Å²) in [6.45, 7) is 1.80. The van der Waals surface area contributed by atoms with Crippen LogP contribution in [0.4, 0.5) is 10.5 Å². The standard InChI is InChI=1S/C18H12Cl2N2O3/c1-10-5-6-13(9-15(10)20)22-17(24)14(16(23)21-18(22)25)8-11-3-2-4-12(19)7-11/h2-9H,1H3,(H,21,23,25)/b14-8-. The van der Waals surface area contributed by atoms with E-state index in [0.29, 0.717) is 15.6 Å². The zero-order valence-corrected chi connectivity index (χ0v) is 14.6. The van der Waals surface area contributed by atoms with Gasteiger partial charge >= 0.3 is 6.03 Å². The van der Waals surface area contributed by atoms with Crippen molar-refractivity contribution in [2.24, 2.45) is 0 Å². The Morgan fingerprint density at radius 3 is 2.48 bits per heavy atom. The number of hydrogen-bond donors (Lipinski definition) is 1. The van der Waals surface area contributed by atoms with Gasteiger partial charge < -0.3 is 0 Å². The summed E-state index contributed by atoms with van der Waals surface area (Å²) in [5.41, 5.74) is 1.49. The van der Waals surface area contributed by atoms with Gasteiger partial charge in [0, 0.05) is 10.0 Å². The molecule has 0 radical (unpaired) electrons. The number of barbiturate groups is 1. The third-order valence-corrected chi connectivity index (χ3v) is 4.32. The predicted molar refractivity (Wildman–Crippen MR) is 96.6 cm³/mol. The first-order chi connectivity index (χ1) is 11.9. The lowest BCUT2D eigenvalue weighted by Crippen LogP contribution is -2.54. The minimum absolute atomic E-state index is 0.168. The van der Waals surface area contributed by atoms with Gasteiger partial charge in [0.15, 0.2) is 0 Å². The van der Waals surface area contributed by atoms with Crippen molar-refractivity contribution in [1.29, 1.82) is 0 Å². The second-order valence-electron chi connectivity index (χ2n) is 5.45. The van der Waals surface area contributed by atoms with E-state index in [9.17, 15) is 14.4 Å². The average molecular weight is 375 g/mol. The van der Waals surface area contributed by atoms with Gasteiger partial charge in [-0.15, -0.1) is 0 Å². The predicted octanol–water partition coefficient (Wildman–Crippen LogP) is 3.97. The minimum Gasteiger partial charge on any atom is -0.273 e. The summed E-state index contributed by atoms with van der Waals surface area (Å²) in [7, 11) is 0. The molecule has 25 heavy (non-hydrogen) atoms. The van der Waals surface area contributed by atoms with Crippen LogP contribution >= 0.6 is 23.2 Å². The van der Waals surface area contributed by atoms with Crippen molar-refractivity contribution in [2.45, 2.75) is 6.92 Å². The lowest BCUT2D eigenvalue weighted by Gasteiger charge is -2.26. The number of amides is 4. The highest BCUT2D eigenvalue weighted by Crippen LogP contribution is 2.26. The van der Waals surface area contributed by atoms with Crippen molar-refractivity contribution in [1.82, 2.24) is 5.32 Å². The smallest absolute Gasteiger partial charge is 0.273 e. The molecule has 0 atom stereocenters. The number of benzene rings is 2. The molecule has 1 fully saturated rings. The molecule has 0 bridgehead atoms. The third kappa shape index (κ3) is 3.43. The topological polar surface area (TPSA) is 66.5 Å². The minimum atomic E-state index is -0.821. The largest absolute Gasteiger partial charge is 0.335 e. The first-order valence-corrected chi connectivity index (χ1v) is 8.05. The monoisotopic (exact) mass is 374 g/mol. The van der Waals surface area contributed by atoms with Gasteiger partial charge in [0.2, 0.25) is 0 Å². The molecule has 2 aromatic rings. The molecule has 3 rings (SSSR count). The highest BCUT2D eigenvalue weighted by Gasteiger charge is 2.36. The maximum absolute atomic E-state index is 12.7. The number of aryl methyl sites for hydroxylation is 1. The zero-order valence-electron chi connectivity index (χ0n) is 13.0. The summed E-state index contributed by atoms with van der Waals surface area (Å²) in [6, 6.07) is 10.6. The first kappa shape index (κ1) is 17.2. The van der Waals surface area contributed by atoms with Gasteiger partial charge in [0.25, 0.3) is 11.8 Å². The number of nitrogens with one attached hydrogen (secondary N) is 1. The van der Waals surface area contributed by atoms with Gasteiger partial charge in [-0.25, -0.2) is 9.69 Å². The first-order valence-electron chi connectivity index (χ1n) is 7.30. The van der Waals surface area contributed by atoms with Crippen LogP contribution in [0.5, 0.6) is 0 Å². The van der Waals surface area contributed by atoms with Gasteiger partial charge in [0.1, 0.15) is 5.57 Å². The molecule has 0 aliphatic carbocycles. The molecule has 2 aromatic carbocycles. The summed E-state index contributed by atoms with van der Waals surface area (Å²) in [5.74, 6) is -1.49. The van der Waals surface area contributed by atoms with Crippen molar-refractivity contribution in [3.8, 4) is 0 Å². The average Bonchev–Trinajstić information content (AvgIpc) is 2.55. The van der Waals surface area contributed by atoms with Crippen LogP contribution in [0.3, 0.4) is 0 Å². The van der Waals surface area contributed by atoms with E-state index in [1.165, 1.54) is 12.1 Å². The molecule has 0 aromatic heterocycles. The molecule has 1 aliphatic rings. The fraction of sp³-hybridized carbons (Fsp3) is 0.0556. The van der Waals surface area contributed by atoms with Crippen LogP contribution in [-0.4, -0.2) is 17.8 Å². The third-order valence-electron chi connectivity index (χ3n) is 3.67. The van der Waals surface area contributed by atoms with E-state index in [4.69, 9.17) is 23.2 Å². The van der Waals surface area contributed by atoms with E-state index in [0.717, 1.165) is 10.5 Å². The number of halogens is 2. The molecule has 4 amide bonds. The second kappa shape index (κ2) is 6.70. The number of hydrogen-bond acceptors (Lipinski definition) is 3. The van der Waals surface area contributed by atoms with Crippen LogP contribution in [-0.2, 0) is 9.59 Å². The Morgan fingerprint density at radius 1 is 1.04 bits per heavy atom. The van der Waals surface area contributed by atoms with E-state index in [1.54, 1.807) is 43.3 Å². The zero-order chi connectivity index (χ0) is 18.1. The normalized spacial score (nSPS) is 16.4. The molecular weight excluding hydrogens is 363 g/mol. The number of carbonyl (C=O) groups excluding carboxylic acids is 3. The van der Waals surface area contributed by atoms with E-state index in [2.05, 4.69) is 5.32 Å². The number of urea groups is 1. The summed E-state index contributed by atoms with van der Waals surface area (Å²) in [6.07, 6.45) is 1.39. The Labute approximate surface area is 153 Å². The number of nitrogens with zero attached hydrogens (tertiary/aromatic N) is 1. The van der Waals surface area contributed by atoms with Crippen molar-refractivity contribution in [3.63, 3.8) is 0 Å². The molecule has 0 unspecified atom stereocenters. The van der Waals surface area contributed by atoms with Gasteiger partial charge in [-0.1, -0.05) is 41.4 Å². The van der Waals surface area contributed by atoms with E-state index in [-0.39, 0.29) is 11.3 Å². The summed E-state index contributed by atoms with van der Waals surface area (Å²) >= 11 is 12.0. The maximum atomic E-state index is 12.7. The van der Waals surface area contributed by atoms with Crippen LogP contribution in [0.15, 0.2) is 48.0 Å². The molecule has 1 N–H and O–H groups in total. The second-order valence-corrected chi connectivity index (χ2v) is 6.29. The number of rotatable bonds is 2. The Bertz CT molecular complexity index is 938. The number of anilines is 1. The number of imide groups is 2. The van der Waals surface area contributed by atoms with Crippen LogP contribution in [0.2, 0.25) is 10.0 Å². The molecule has 7 heteroatoms. The quantitative estimate of drug-likeness (QED) is 0.638. The molecule has 1 aliphatic heterocycles. The van der Waals surface area contributed by atoms with Crippen molar-refractivity contribution >= 4 is 52.8 Å². The molecule has 1 heterocycles.